The second kappa shape index (κ2) is 8.92. The van der Waals surface area contributed by atoms with Crippen LogP contribution in [0.2, 0.25) is 0 Å². The van der Waals surface area contributed by atoms with Crippen molar-refractivity contribution >= 4 is 17.7 Å². The zero-order valence-electron chi connectivity index (χ0n) is 18.6. The van der Waals surface area contributed by atoms with Crippen LogP contribution in [0.15, 0.2) is 18.2 Å². The van der Waals surface area contributed by atoms with Crippen LogP contribution < -0.4 is 11.1 Å². The second-order valence-electron chi connectivity index (χ2n) is 9.77. The molecule has 0 aromatic heterocycles. The van der Waals surface area contributed by atoms with Gasteiger partial charge in [0.2, 0.25) is 11.8 Å². The third-order valence-electron chi connectivity index (χ3n) is 7.66. The molecule has 1 aromatic rings. The van der Waals surface area contributed by atoms with E-state index in [9.17, 15) is 14.4 Å². The molecule has 3 N–H and O–H groups in total. The van der Waals surface area contributed by atoms with Crippen molar-refractivity contribution in [2.75, 3.05) is 26.2 Å². The second-order valence-corrected chi connectivity index (χ2v) is 9.77. The maximum atomic E-state index is 13.0. The van der Waals surface area contributed by atoms with Crippen molar-refractivity contribution in [2.45, 2.75) is 69.7 Å². The number of rotatable bonds is 4. The van der Waals surface area contributed by atoms with Crippen molar-refractivity contribution in [1.29, 1.82) is 0 Å². The van der Waals surface area contributed by atoms with Crippen LogP contribution in [0.5, 0.6) is 0 Å². The summed E-state index contributed by atoms with van der Waals surface area (Å²) in [6.45, 7) is 5.53. The highest BCUT2D eigenvalue weighted by Gasteiger charge is 2.39. The molecule has 1 unspecified atom stereocenters. The fraction of sp³-hybridized carbons (Fsp3) is 0.625. The van der Waals surface area contributed by atoms with Crippen LogP contribution in [-0.4, -0.2) is 76.7 Å². The number of carbonyl (C=O) groups is 3. The van der Waals surface area contributed by atoms with Crippen molar-refractivity contribution in [3.8, 4) is 0 Å². The lowest BCUT2D eigenvalue weighted by Gasteiger charge is -2.41. The smallest absolute Gasteiger partial charge is 0.255 e. The van der Waals surface area contributed by atoms with E-state index in [1.807, 2.05) is 12.1 Å². The Morgan fingerprint density at radius 1 is 0.969 bits per heavy atom. The van der Waals surface area contributed by atoms with Crippen LogP contribution in [0.25, 0.3) is 0 Å². The molecule has 1 aromatic carbocycles. The highest BCUT2D eigenvalue weighted by atomic mass is 16.2. The molecule has 3 fully saturated rings. The van der Waals surface area contributed by atoms with E-state index >= 15 is 0 Å². The topological polar surface area (TPSA) is 99.0 Å². The number of nitrogens with two attached hydrogens (primary N) is 1. The number of piperazine rings is 1. The molecule has 5 rings (SSSR count). The van der Waals surface area contributed by atoms with Crippen LogP contribution in [0.3, 0.4) is 0 Å². The number of hydrogen-bond donors (Lipinski definition) is 2. The minimum absolute atomic E-state index is 0.100. The molecule has 8 heteroatoms. The molecule has 1 aliphatic carbocycles. The number of amides is 3. The Morgan fingerprint density at radius 3 is 2.44 bits per heavy atom. The van der Waals surface area contributed by atoms with E-state index in [1.165, 1.54) is 12.8 Å². The number of fused-ring (bicyclic) bond motifs is 1. The van der Waals surface area contributed by atoms with Gasteiger partial charge in [-0.15, -0.1) is 0 Å². The number of piperidine rings is 1. The summed E-state index contributed by atoms with van der Waals surface area (Å²) in [5.74, 6) is -0.720. The van der Waals surface area contributed by atoms with E-state index in [2.05, 4.69) is 21.2 Å². The molecule has 1 atom stereocenters. The molecule has 3 heterocycles. The number of hydrogen-bond acceptors (Lipinski definition) is 6. The molecule has 172 valence electrons. The minimum atomic E-state index is -0.557. The lowest BCUT2D eigenvalue weighted by Crippen LogP contribution is -2.52. The molecular weight excluding hydrogens is 406 g/mol. The Balaban J connectivity index is 1.18. The molecule has 2 saturated heterocycles. The van der Waals surface area contributed by atoms with Crippen LogP contribution in [0, 0.1) is 0 Å². The highest BCUT2D eigenvalue weighted by Crippen LogP contribution is 2.29. The summed E-state index contributed by atoms with van der Waals surface area (Å²) in [5, 5.41) is 2.36. The zero-order valence-corrected chi connectivity index (χ0v) is 18.6. The van der Waals surface area contributed by atoms with Gasteiger partial charge in [0.1, 0.15) is 6.04 Å². The monoisotopic (exact) mass is 439 g/mol. The van der Waals surface area contributed by atoms with Gasteiger partial charge >= 0.3 is 0 Å². The van der Waals surface area contributed by atoms with E-state index in [0.29, 0.717) is 30.6 Å². The first-order valence-electron chi connectivity index (χ1n) is 12.0. The molecule has 3 aliphatic heterocycles. The molecule has 1 saturated carbocycles. The van der Waals surface area contributed by atoms with Crippen molar-refractivity contribution in [3.63, 3.8) is 0 Å². The zero-order chi connectivity index (χ0) is 22.2. The first kappa shape index (κ1) is 21.6. The largest absolute Gasteiger partial charge is 0.328 e. The summed E-state index contributed by atoms with van der Waals surface area (Å²) < 4.78 is 0. The summed E-state index contributed by atoms with van der Waals surface area (Å²) >= 11 is 0. The van der Waals surface area contributed by atoms with Crippen LogP contribution in [0.1, 0.15) is 60.0 Å². The maximum absolute atomic E-state index is 13.0. The van der Waals surface area contributed by atoms with Gasteiger partial charge in [0, 0.05) is 63.3 Å². The highest BCUT2D eigenvalue weighted by molar-refractivity contribution is 6.05. The fourth-order valence-electron chi connectivity index (χ4n) is 5.71. The van der Waals surface area contributed by atoms with E-state index in [1.54, 1.807) is 4.90 Å². The Hall–Kier alpha value is -2.29. The normalized spacial score (nSPS) is 29.8. The number of nitrogens with zero attached hydrogens (tertiary/aromatic N) is 3. The van der Waals surface area contributed by atoms with E-state index in [-0.39, 0.29) is 24.1 Å². The lowest BCUT2D eigenvalue weighted by molar-refractivity contribution is -0.136. The van der Waals surface area contributed by atoms with Gasteiger partial charge in [-0.25, -0.2) is 0 Å². The Kier molecular flexibility index (Phi) is 6.01. The number of carbonyl (C=O) groups excluding carboxylic acids is 3. The van der Waals surface area contributed by atoms with Crippen molar-refractivity contribution in [3.05, 3.63) is 34.9 Å². The summed E-state index contributed by atoms with van der Waals surface area (Å²) in [5.41, 5.74) is 8.86. The minimum Gasteiger partial charge on any atom is -0.328 e. The molecule has 0 radical (unpaired) electrons. The van der Waals surface area contributed by atoms with Crippen molar-refractivity contribution < 1.29 is 14.4 Å². The average molecular weight is 440 g/mol. The summed E-state index contributed by atoms with van der Waals surface area (Å²) in [6.07, 6.45) is 5.40. The fourth-order valence-corrected chi connectivity index (χ4v) is 5.71. The summed E-state index contributed by atoms with van der Waals surface area (Å²) in [4.78, 5) is 43.4. The molecule has 3 amide bonds. The Labute approximate surface area is 189 Å². The third kappa shape index (κ3) is 4.31. The molecule has 0 spiro atoms. The summed E-state index contributed by atoms with van der Waals surface area (Å²) in [7, 11) is 0. The van der Waals surface area contributed by atoms with Crippen LogP contribution in [0.4, 0.5) is 0 Å². The molecule has 32 heavy (non-hydrogen) atoms. The Morgan fingerprint density at radius 2 is 1.72 bits per heavy atom. The third-order valence-corrected chi connectivity index (χ3v) is 7.66. The quantitative estimate of drug-likeness (QED) is 0.675. The lowest BCUT2D eigenvalue weighted by atomic mass is 9.90. The van der Waals surface area contributed by atoms with Crippen LogP contribution in [-0.2, 0) is 22.7 Å². The average Bonchev–Trinajstić information content (AvgIpc) is 3.11. The number of benzene rings is 1. The molecular formula is C24H33N5O3. The van der Waals surface area contributed by atoms with Gasteiger partial charge < -0.3 is 10.6 Å². The first-order valence-corrected chi connectivity index (χ1v) is 12.0. The van der Waals surface area contributed by atoms with Crippen molar-refractivity contribution in [1.82, 2.24) is 20.0 Å². The molecule has 4 aliphatic rings. The van der Waals surface area contributed by atoms with Gasteiger partial charge in [-0.3, -0.25) is 29.5 Å². The predicted octanol–water partition coefficient (Wildman–Crippen LogP) is 0.835. The van der Waals surface area contributed by atoms with Gasteiger partial charge in [0.05, 0.1) is 0 Å². The molecule has 8 nitrogen and oxygen atoms in total. The Bertz CT molecular complexity index is 903. The van der Waals surface area contributed by atoms with E-state index < -0.39 is 6.04 Å². The predicted molar refractivity (Wildman–Crippen MR) is 120 cm³/mol. The van der Waals surface area contributed by atoms with E-state index in [0.717, 1.165) is 56.7 Å². The van der Waals surface area contributed by atoms with Crippen molar-refractivity contribution in [2.24, 2.45) is 5.73 Å². The van der Waals surface area contributed by atoms with Gasteiger partial charge in [-0.1, -0.05) is 12.1 Å². The van der Waals surface area contributed by atoms with Gasteiger partial charge in [0.15, 0.2) is 0 Å². The van der Waals surface area contributed by atoms with Gasteiger partial charge in [0.25, 0.3) is 5.91 Å². The summed E-state index contributed by atoms with van der Waals surface area (Å²) in [6, 6.07) is 6.65. The first-order chi connectivity index (χ1) is 15.5. The van der Waals surface area contributed by atoms with Crippen LogP contribution >= 0.6 is 0 Å². The number of imide groups is 1. The van der Waals surface area contributed by atoms with E-state index in [4.69, 9.17) is 5.73 Å². The van der Waals surface area contributed by atoms with Gasteiger partial charge in [-0.2, -0.15) is 0 Å². The molecule has 0 bridgehead atoms. The van der Waals surface area contributed by atoms with Gasteiger partial charge in [-0.05, 0) is 49.3 Å². The maximum Gasteiger partial charge on any atom is 0.255 e. The number of nitrogens with one attached hydrogen (secondary N) is 1. The standard InChI is InChI=1S/C24H33N5O3/c25-18-3-5-19(6-4-18)28-11-9-27(10-12-28)14-16-1-2-17-15-29(24(32)20(17)13-16)21-7-8-22(30)26-23(21)31/h1-2,13,18-19,21H,3-12,14-15,25H2,(H,26,30,31). The SMILES string of the molecule is NC1CCC(N2CCN(Cc3ccc4c(c3)C(=O)N(C3CCC(=O)NC3=O)C4)CC2)CC1.